The number of nitrogens with zero attached hydrogens (tertiary/aromatic N) is 5. The molecule has 3 aromatic heterocycles. The number of rotatable bonds is 7. The van der Waals surface area contributed by atoms with E-state index in [0.717, 1.165) is 67.3 Å². The van der Waals surface area contributed by atoms with Crippen LogP contribution in [-0.2, 0) is 4.79 Å². The molecule has 0 bridgehead atoms. The Hall–Kier alpha value is -2.99. The lowest BCUT2D eigenvalue weighted by molar-refractivity contribution is -0.949. The van der Waals surface area contributed by atoms with E-state index in [0.29, 0.717) is 28.1 Å². The first-order valence-electron chi connectivity index (χ1n) is 13.8. The van der Waals surface area contributed by atoms with Crippen molar-refractivity contribution in [2.75, 3.05) is 43.4 Å². The van der Waals surface area contributed by atoms with Crippen molar-refractivity contribution >= 4 is 38.3 Å². The van der Waals surface area contributed by atoms with E-state index in [1.54, 1.807) is 6.92 Å². The molecule has 3 fully saturated rings. The van der Waals surface area contributed by atoms with Crippen LogP contribution in [-0.4, -0.2) is 69.8 Å². The molecule has 5 heterocycles. The highest BCUT2D eigenvalue weighted by molar-refractivity contribution is 7.22. The molecule has 3 aliphatic rings. The van der Waals surface area contributed by atoms with Gasteiger partial charge in [0.15, 0.2) is 5.13 Å². The Kier molecular flexibility index (Phi) is 6.68. The summed E-state index contributed by atoms with van der Waals surface area (Å²) >= 11 is 1.37. The van der Waals surface area contributed by atoms with Gasteiger partial charge in [-0.15, -0.1) is 0 Å². The van der Waals surface area contributed by atoms with Crippen molar-refractivity contribution in [3.05, 3.63) is 41.7 Å². The predicted octanol–water partition coefficient (Wildman–Crippen LogP) is 5.22. The summed E-state index contributed by atoms with van der Waals surface area (Å²) in [6, 6.07) is 0.455. The molecule has 0 aromatic carbocycles. The van der Waals surface area contributed by atoms with E-state index < -0.39 is 35.0 Å². The number of hydrogen-bond donors (Lipinski definition) is 2. The first-order chi connectivity index (χ1) is 19.0. The fourth-order valence-corrected chi connectivity index (χ4v) is 7.92. The first-order valence-corrected chi connectivity index (χ1v) is 14.6. The molecule has 40 heavy (non-hydrogen) atoms. The first kappa shape index (κ1) is 27.2. The highest BCUT2D eigenvalue weighted by atomic mass is 32.1. The standard InChI is InChI=1S/C28H33F3N6O2S/c1-15(22-20(30)7-18(29)10-32-22)34-23-24-21(11-33-25(23)31)35-27(40-24)36-12-17(13-36)16-5-4-6-37(3,14-16)19-8-28(2,9-19)26(38)39/h7,10-11,15-17,19,34H,4-6,8-9,12-14H2,1-3H3/p+1/t15-,16+,19?,28?,37?/m1/s1. The molecule has 3 aromatic rings. The third-order valence-electron chi connectivity index (χ3n) is 9.50. The second-order valence-electron chi connectivity index (χ2n) is 12.4. The minimum Gasteiger partial charge on any atom is -0.481 e. The van der Waals surface area contributed by atoms with Gasteiger partial charge in [0.05, 0.1) is 60.4 Å². The quantitative estimate of drug-likeness (QED) is 0.295. The molecule has 0 radical (unpaired) electrons. The lowest BCUT2D eigenvalue weighted by atomic mass is 9.64. The van der Waals surface area contributed by atoms with Crippen LogP contribution in [0.15, 0.2) is 18.5 Å². The topological polar surface area (TPSA) is 91.2 Å². The van der Waals surface area contributed by atoms with E-state index in [1.807, 2.05) is 6.92 Å². The summed E-state index contributed by atoms with van der Waals surface area (Å²) in [6.07, 6.45) is 6.17. The van der Waals surface area contributed by atoms with Gasteiger partial charge in [-0.2, -0.15) is 4.39 Å². The number of fused-ring (bicyclic) bond motifs is 1. The molecule has 214 valence electrons. The van der Waals surface area contributed by atoms with Crippen LogP contribution in [0.4, 0.5) is 24.0 Å². The molecule has 12 heteroatoms. The average molecular weight is 576 g/mol. The maximum absolute atomic E-state index is 14.8. The molecule has 3 atom stereocenters. The average Bonchev–Trinajstić information content (AvgIpc) is 3.26. The Labute approximate surface area is 234 Å². The molecule has 0 spiro atoms. The number of carboxylic acids is 1. The number of aliphatic carboxylic acids is 1. The van der Waals surface area contributed by atoms with Crippen molar-refractivity contribution in [1.82, 2.24) is 15.0 Å². The van der Waals surface area contributed by atoms with Crippen molar-refractivity contribution < 1.29 is 27.6 Å². The number of halogens is 3. The fourth-order valence-electron chi connectivity index (χ4n) is 6.86. The molecule has 2 aliphatic heterocycles. The number of pyridine rings is 2. The molecule has 0 amide bonds. The number of thiazole rings is 1. The number of carbonyl (C=O) groups is 1. The fraction of sp³-hybridized carbons (Fsp3) is 0.571. The third-order valence-corrected chi connectivity index (χ3v) is 10.6. The van der Waals surface area contributed by atoms with Crippen molar-refractivity contribution in [1.29, 1.82) is 0 Å². The summed E-state index contributed by atoms with van der Waals surface area (Å²) in [5.41, 5.74) is 0.0919. The Bertz CT molecular complexity index is 1460. The van der Waals surface area contributed by atoms with E-state index in [1.165, 1.54) is 24.0 Å². The molecule has 6 rings (SSSR count). The second kappa shape index (κ2) is 9.83. The zero-order valence-corrected chi connectivity index (χ0v) is 23.6. The normalized spacial score (nSPS) is 29.6. The molecule has 2 N–H and O–H groups in total. The van der Waals surface area contributed by atoms with Crippen LogP contribution >= 0.6 is 11.3 Å². The molecule has 8 nitrogen and oxygen atoms in total. The van der Waals surface area contributed by atoms with Gasteiger partial charge in [0.1, 0.15) is 22.8 Å². The summed E-state index contributed by atoms with van der Waals surface area (Å²) < 4.78 is 43.9. The Morgan fingerprint density at radius 2 is 1.98 bits per heavy atom. The minimum atomic E-state index is -0.803. The van der Waals surface area contributed by atoms with Crippen molar-refractivity contribution in [3.8, 4) is 0 Å². The highest BCUT2D eigenvalue weighted by Crippen LogP contribution is 2.48. The maximum atomic E-state index is 14.8. The Morgan fingerprint density at radius 3 is 2.67 bits per heavy atom. The summed E-state index contributed by atoms with van der Waals surface area (Å²) in [5.74, 6) is -1.86. The third kappa shape index (κ3) is 4.68. The highest BCUT2D eigenvalue weighted by Gasteiger charge is 2.56. The lowest BCUT2D eigenvalue weighted by Crippen LogP contribution is -2.66. The number of likely N-dealkylation sites (tertiary alicyclic amines) is 1. The van der Waals surface area contributed by atoms with Gasteiger partial charge in [-0.3, -0.25) is 9.78 Å². The van der Waals surface area contributed by atoms with E-state index in [2.05, 4.69) is 27.2 Å². The zero-order chi connectivity index (χ0) is 28.4. The van der Waals surface area contributed by atoms with Gasteiger partial charge in [0.2, 0.25) is 5.95 Å². The van der Waals surface area contributed by atoms with Crippen LogP contribution in [0, 0.1) is 34.8 Å². The van der Waals surface area contributed by atoms with Crippen LogP contribution in [0.5, 0.6) is 0 Å². The lowest BCUT2D eigenvalue weighted by Gasteiger charge is -2.56. The van der Waals surface area contributed by atoms with Crippen LogP contribution in [0.3, 0.4) is 0 Å². The molecular formula is C28H34F3N6O2S+. The Morgan fingerprint density at radius 1 is 1.23 bits per heavy atom. The molecule has 1 unspecified atom stereocenters. The smallest absolute Gasteiger partial charge is 0.309 e. The molecule has 1 saturated carbocycles. The van der Waals surface area contributed by atoms with Gasteiger partial charge in [0, 0.05) is 43.8 Å². The largest absolute Gasteiger partial charge is 0.481 e. The van der Waals surface area contributed by atoms with Crippen LogP contribution in [0.1, 0.15) is 51.3 Å². The number of piperidine rings is 1. The number of carboxylic acid groups (broad SMARTS) is 1. The number of anilines is 2. The van der Waals surface area contributed by atoms with Crippen LogP contribution in [0.25, 0.3) is 10.2 Å². The summed E-state index contributed by atoms with van der Waals surface area (Å²) in [7, 11) is 2.30. The van der Waals surface area contributed by atoms with Crippen molar-refractivity contribution in [2.24, 2.45) is 17.3 Å². The van der Waals surface area contributed by atoms with E-state index in [-0.39, 0.29) is 11.4 Å². The van der Waals surface area contributed by atoms with Gasteiger partial charge < -0.3 is 19.8 Å². The molecule has 1 aliphatic carbocycles. The van der Waals surface area contributed by atoms with Crippen LogP contribution in [0.2, 0.25) is 0 Å². The van der Waals surface area contributed by atoms with Gasteiger partial charge in [-0.05, 0) is 26.7 Å². The summed E-state index contributed by atoms with van der Waals surface area (Å²) in [6.45, 7) is 7.43. The molecular weight excluding hydrogens is 541 g/mol. The number of quaternary nitrogens is 1. The predicted molar refractivity (Wildman–Crippen MR) is 147 cm³/mol. The Balaban J connectivity index is 1.13. The van der Waals surface area contributed by atoms with E-state index >= 15 is 0 Å². The van der Waals surface area contributed by atoms with E-state index in [9.17, 15) is 23.1 Å². The SMILES string of the molecule is C[C@@H](Nc1c(F)ncc2nc(N3CC([C@H]4CCC[N+](C)(C5CC(C)(C(=O)O)C5)C4)C3)sc12)c1ncc(F)cc1F. The van der Waals surface area contributed by atoms with Crippen LogP contribution < -0.4 is 10.2 Å². The van der Waals surface area contributed by atoms with Gasteiger partial charge >= 0.3 is 5.97 Å². The van der Waals surface area contributed by atoms with Gasteiger partial charge in [0.25, 0.3) is 0 Å². The zero-order valence-electron chi connectivity index (χ0n) is 22.8. The number of aromatic nitrogens is 3. The monoisotopic (exact) mass is 575 g/mol. The maximum Gasteiger partial charge on any atom is 0.309 e. The molecule has 2 saturated heterocycles. The second-order valence-corrected chi connectivity index (χ2v) is 13.4. The van der Waals surface area contributed by atoms with Gasteiger partial charge in [-0.1, -0.05) is 11.3 Å². The van der Waals surface area contributed by atoms with Gasteiger partial charge in [-0.25, -0.2) is 18.7 Å². The van der Waals surface area contributed by atoms with Crippen molar-refractivity contribution in [3.63, 3.8) is 0 Å². The number of hydrogen-bond acceptors (Lipinski definition) is 7. The minimum absolute atomic E-state index is 0.0134. The van der Waals surface area contributed by atoms with E-state index in [4.69, 9.17) is 4.98 Å². The number of nitrogens with one attached hydrogen (secondary N) is 1. The van der Waals surface area contributed by atoms with Crippen molar-refractivity contribution in [2.45, 2.75) is 51.6 Å². The summed E-state index contributed by atoms with van der Waals surface area (Å²) in [4.78, 5) is 26.2. The summed E-state index contributed by atoms with van der Waals surface area (Å²) in [5, 5.41) is 13.3.